The maximum absolute atomic E-state index is 11.3. The van der Waals surface area contributed by atoms with Crippen LogP contribution in [0.25, 0.3) is 0 Å². The molecule has 0 saturated heterocycles. The molecule has 0 aliphatic carbocycles. The normalized spacial score (nSPS) is 14.1. The van der Waals surface area contributed by atoms with Crippen molar-refractivity contribution in [3.63, 3.8) is 0 Å². The number of aryl methyl sites for hydroxylation is 2. The van der Waals surface area contributed by atoms with Crippen LogP contribution >= 0.6 is 0 Å². The molecule has 18 heavy (non-hydrogen) atoms. The van der Waals surface area contributed by atoms with Crippen molar-refractivity contribution in [2.24, 2.45) is 0 Å². The van der Waals surface area contributed by atoms with Crippen LogP contribution in [0.1, 0.15) is 29.2 Å². The summed E-state index contributed by atoms with van der Waals surface area (Å²) in [7, 11) is 3.06. The third kappa shape index (κ3) is 3.55. The highest BCUT2D eigenvalue weighted by Gasteiger charge is 2.22. The summed E-state index contributed by atoms with van der Waals surface area (Å²) in [5.41, 5.74) is 3.11. The Balaban J connectivity index is 2.85. The minimum atomic E-state index is -0.728. The monoisotopic (exact) mass is 251 g/mol. The van der Waals surface area contributed by atoms with Crippen LogP contribution in [0, 0.1) is 13.8 Å². The van der Waals surface area contributed by atoms with Crippen molar-refractivity contribution in [2.75, 3.05) is 14.2 Å². The third-order valence-electron chi connectivity index (χ3n) is 3.24. The molecule has 1 aromatic rings. The lowest BCUT2D eigenvalue weighted by molar-refractivity contribution is -0.141. The van der Waals surface area contributed by atoms with E-state index in [0.717, 1.165) is 11.1 Å². The molecule has 0 fully saturated rings. The molecule has 0 spiro atoms. The van der Waals surface area contributed by atoms with Gasteiger partial charge in [-0.05, 0) is 37.6 Å². The number of methoxy groups -OCH3 is 1. The summed E-state index contributed by atoms with van der Waals surface area (Å²) in [6.07, 6.45) is -0.588. The fraction of sp³-hybridized carbons (Fsp3) is 0.500. The van der Waals surface area contributed by atoms with Crippen molar-refractivity contribution in [3.8, 4) is 0 Å². The molecule has 0 bridgehead atoms. The predicted octanol–water partition coefficient (Wildman–Crippen LogP) is 1.49. The molecule has 4 nitrogen and oxygen atoms in total. The van der Waals surface area contributed by atoms with Gasteiger partial charge in [0.25, 0.3) is 0 Å². The molecule has 4 heteroatoms. The Kier molecular flexibility index (Phi) is 5.31. The zero-order valence-corrected chi connectivity index (χ0v) is 11.4. The number of ether oxygens (including phenoxy) is 1. The number of hydrogen-bond acceptors (Lipinski definition) is 4. The van der Waals surface area contributed by atoms with Gasteiger partial charge in [0, 0.05) is 6.04 Å². The Bertz CT molecular complexity index is 418. The van der Waals surface area contributed by atoms with E-state index in [0.29, 0.717) is 0 Å². The summed E-state index contributed by atoms with van der Waals surface area (Å²) >= 11 is 0. The van der Waals surface area contributed by atoms with Gasteiger partial charge in [-0.25, -0.2) is 0 Å². The van der Waals surface area contributed by atoms with E-state index in [1.54, 1.807) is 7.05 Å². The number of nitrogens with one attached hydrogen (secondary N) is 1. The second kappa shape index (κ2) is 6.52. The summed E-state index contributed by atoms with van der Waals surface area (Å²) in [4.78, 5) is 11.3. The summed E-state index contributed by atoms with van der Waals surface area (Å²) in [5.74, 6) is -0.336. The van der Waals surface area contributed by atoms with Crippen molar-refractivity contribution in [1.29, 1.82) is 0 Å². The van der Waals surface area contributed by atoms with Gasteiger partial charge in [-0.2, -0.15) is 0 Å². The van der Waals surface area contributed by atoms with Crippen molar-refractivity contribution in [2.45, 2.75) is 32.4 Å². The molecule has 0 saturated carbocycles. The van der Waals surface area contributed by atoms with Gasteiger partial charge in [0.1, 0.15) is 0 Å². The van der Waals surface area contributed by atoms with Crippen LogP contribution in [0.4, 0.5) is 0 Å². The average molecular weight is 251 g/mol. The molecule has 0 heterocycles. The number of rotatable bonds is 5. The van der Waals surface area contributed by atoms with Gasteiger partial charge in [-0.1, -0.05) is 18.2 Å². The quantitative estimate of drug-likeness (QED) is 0.778. The zero-order valence-electron chi connectivity index (χ0n) is 11.4. The van der Waals surface area contributed by atoms with Crippen molar-refractivity contribution >= 4 is 5.97 Å². The van der Waals surface area contributed by atoms with Crippen LogP contribution in [-0.4, -0.2) is 31.3 Å². The molecule has 0 aromatic heterocycles. The summed E-state index contributed by atoms with van der Waals surface area (Å²) in [6, 6.07) is 5.45. The second-order valence-electron chi connectivity index (χ2n) is 4.46. The highest BCUT2D eigenvalue weighted by molar-refractivity contribution is 5.70. The minimum absolute atomic E-state index is 0.140. The van der Waals surface area contributed by atoms with E-state index in [2.05, 4.69) is 10.1 Å². The fourth-order valence-electron chi connectivity index (χ4n) is 1.82. The van der Waals surface area contributed by atoms with Crippen LogP contribution in [0.2, 0.25) is 0 Å². The second-order valence-corrected chi connectivity index (χ2v) is 4.46. The van der Waals surface area contributed by atoms with E-state index in [1.165, 1.54) is 12.7 Å². The number of likely N-dealkylation sites (N-methyl/N-ethyl adjacent to an activating group) is 1. The first-order valence-electron chi connectivity index (χ1n) is 5.99. The Morgan fingerprint density at radius 2 is 2.06 bits per heavy atom. The Morgan fingerprint density at radius 3 is 2.56 bits per heavy atom. The zero-order chi connectivity index (χ0) is 13.7. The summed E-state index contributed by atoms with van der Waals surface area (Å²) < 4.78 is 4.62. The fourth-order valence-corrected chi connectivity index (χ4v) is 1.82. The van der Waals surface area contributed by atoms with Crippen molar-refractivity contribution in [1.82, 2.24) is 5.32 Å². The number of aliphatic hydroxyl groups is 1. The molecule has 1 rings (SSSR count). The van der Waals surface area contributed by atoms with E-state index in [9.17, 15) is 9.90 Å². The maximum atomic E-state index is 11.3. The smallest absolute Gasteiger partial charge is 0.307 e. The van der Waals surface area contributed by atoms with Gasteiger partial charge in [-0.3, -0.25) is 4.79 Å². The van der Waals surface area contributed by atoms with Gasteiger partial charge in [0.05, 0.1) is 19.6 Å². The molecule has 2 atom stereocenters. The van der Waals surface area contributed by atoms with Gasteiger partial charge < -0.3 is 15.2 Å². The van der Waals surface area contributed by atoms with Gasteiger partial charge in [0.2, 0.25) is 0 Å². The lowest BCUT2D eigenvalue weighted by Gasteiger charge is -2.22. The van der Waals surface area contributed by atoms with Crippen LogP contribution in [0.5, 0.6) is 0 Å². The highest BCUT2D eigenvalue weighted by Crippen LogP contribution is 2.21. The molecule has 2 N–H and O–H groups in total. The molecule has 0 amide bonds. The number of aliphatic hydroxyl groups excluding tert-OH is 1. The number of carbonyl (C=O) groups is 1. The third-order valence-corrected chi connectivity index (χ3v) is 3.24. The van der Waals surface area contributed by atoms with E-state index >= 15 is 0 Å². The SMILES string of the molecule is CNC(CC(=O)OC)C(O)c1ccc(C)c(C)c1. The van der Waals surface area contributed by atoms with Gasteiger partial charge in [0.15, 0.2) is 0 Å². The summed E-state index contributed by atoms with van der Waals surface area (Å²) in [6.45, 7) is 4.02. The van der Waals surface area contributed by atoms with Gasteiger partial charge in [-0.15, -0.1) is 0 Å². The molecule has 100 valence electrons. The first-order chi connectivity index (χ1) is 8.49. The van der Waals surface area contributed by atoms with Crippen LogP contribution < -0.4 is 5.32 Å². The molecule has 0 radical (unpaired) electrons. The minimum Gasteiger partial charge on any atom is -0.469 e. The van der Waals surface area contributed by atoms with Crippen molar-refractivity contribution < 1.29 is 14.6 Å². The number of carbonyl (C=O) groups excluding carboxylic acids is 1. The number of benzene rings is 1. The standard InChI is InChI=1S/C14H21NO3/c1-9-5-6-11(7-10(9)2)14(17)12(15-3)8-13(16)18-4/h5-7,12,14-15,17H,8H2,1-4H3. The highest BCUT2D eigenvalue weighted by atomic mass is 16.5. The molecule has 2 unspecified atom stereocenters. The average Bonchev–Trinajstić information content (AvgIpc) is 2.38. The molecule has 1 aromatic carbocycles. The molecular weight excluding hydrogens is 230 g/mol. The lowest BCUT2D eigenvalue weighted by Crippen LogP contribution is -2.34. The van der Waals surface area contributed by atoms with Crippen LogP contribution in [0.3, 0.4) is 0 Å². The van der Waals surface area contributed by atoms with Crippen LogP contribution in [0.15, 0.2) is 18.2 Å². The first-order valence-corrected chi connectivity index (χ1v) is 5.99. The number of hydrogen-bond donors (Lipinski definition) is 2. The first kappa shape index (κ1) is 14.7. The Hall–Kier alpha value is -1.39. The number of esters is 1. The lowest BCUT2D eigenvalue weighted by atomic mass is 9.96. The largest absolute Gasteiger partial charge is 0.469 e. The molecular formula is C14H21NO3. The predicted molar refractivity (Wildman–Crippen MR) is 70.4 cm³/mol. The van der Waals surface area contributed by atoms with E-state index in [-0.39, 0.29) is 18.4 Å². The van der Waals surface area contributed by atoms with Gasteiger partial charge >= 0.3 is 5.97 Å². The maximum Gasteiger partial charge on any atom is 0.307 e. The Labute approximate surface area is 108 Å². The topological polar surface area (TPSA) is 58.6 Å². The molecule has 0 aliphatic heterocycles. The van der Waals surface area contributed by atoms with Crippen LogP contribution in [-0.2, 0) is 9.53 Å². The van der Waals surface area contributed by atoms with E-state index in [1.807, 2.05) is 32.0 Å². The molecule has 0 aliphatic rings. The van der Waals surface area contributed by atoms with Crippen molar-refractivity contribution in [3.05, 3.63) is 34.9 Å². The van der Waals surface area contributed by atoms with E-state index in [4.69, 9.17) is 0 Å². The summed E-state index contributed by atoms with van der Waals surface area (Å²) in [5, 5.41) is 13.2. The Morgan fingerprint density at radius 1 is 1.39 bits per heavy atom. The van der Waals surface area contributed by atoms with E-state index < -0.39 is 6.10 Å².